The highest BCUT2D eigenvalue weighted by molar-refractivity contribution is 7.90. The van der Waals surface area contributed by atoms with E-state index in [-0.39, 0.29) is 28.3 Å². The molecule has 41 heavy (non-hydrogen) atoms. The van der Waals surface area contributed by atoms with Crippen LogP contribution >= 0.6 is 0 Å². The lowest BCUT2D eigenvalue weighted by atomic mass is 10.0. The van der Waals surface area contributed by atoms with E-state index in [9.17, 15) is 18.0 Å². The second-order valence-corrected chi connectivity index (χ2v) is 12.0. The molecule has 1 heterocycles. The molecule has 0 spiro atoms. The average Bonchev–Trinajstić information content (AvgIpc) is 3.37. The Morgan fingerprint density at radius 2 is 1.46 bits per heavy atom. The van der Waals surface area contributed by atoms with Crippen molar-refractivity contribution in [3.63, 3.8) is 0 Å². The van der Waals surface area contributed by atoms with Crippen molar-refractivity contribution in [3.8, 4) is 16.9 Å². The fourth-order valence-electron chi connectivity index (χ4n) is 4.92. The van der Waals surface area contributed by atoms with Gasteiger partial charge in [0.2, 0.25) is 0 Å². The number of amides is 3. The maximum atomic E-state index is 13.7. The van der Waals surface area contributed by atoms with Gasteiger partial charge in [-0.15, -0.1) is 0 Å². The molecule has 0 radical (unpaired) electrons. The molecule has 8 nitrogen and oxygen atoms in total. The van der Waals surface area contributed by atoms with Crippen LogP contribution in [-0.4, -0.2) is 59.6 Å². The number of nitrogens with zero attached hydrogens (tertiary/aromatic N) is 3. The van der Waals surface area contributed by atoms with Gasteiger partial charge in [-0.2, -0.15) is 0 Å². The van der Waals surface area contributed by atoms with Crippen LogP contribution in [0.1, 0.15) is 15.9 Å². The van der Waals surface area contributed by atoms with Gasteiger partial charge < -0.3 is 9.64 Å². The third-order valence-electron chi connectivity index (χ3n) is 7.00. The van der Waals surface area contributed by atoms with Crippen LogP contribution in [0, 0.1) is 0 Å². The molecule has 0 saturated carbocycles. The summed E-state index contributed by atoms with van der Waals surface area (Å²) in [5, 5.41) is 0. The Morgan fingerprint density at radius 1 is 0.805 bits per heavy atom. The van der Waals surface area contributed by atoms with Crippen molar-refractivity contribution in [2.75, 3.05) is 44.1 Å². The molecule has 0 aromatic heterocycles. The zero-order valence-electron chi connectivity index (χ0n) is 23.2. The summed E-state index contributed by atoms with van der Waals surface area (Å²) < 4.78 is 32.9. The summed E-state index contributed by atoms with van der Waals surface area (Å²) in [6, 6.07) is 28.4. The largest absolute Gasteiger partial charge is 0.495 e. The minimum absolute atomic E-state index is 0.0553. The first-order chi connectivity index (χ1) is 19.7. The van der Waals surface area contributed by atoms with E-state index >= 15 is 0 Å². The predicted octanol–water partition coefficient (Wildman–Crippen LogP) is 5.48. The molecular weight excluding hydrogens is 538 g/mol. The highest BCUT2D eigenvalue weighted by Gasteiger charge is 2.31. The van der Waals surface area contributed by atoms with E-state index in [0.717, 1.165) is 5.69 Å². The molecule has 5 rings (SSSR count). The zero-order chi connectivity index (χ0) is 29.1. The molecular formula is C32H31N3O5S. The molecule has 9 heteroatoms. The quantitative estimate of drug-likeness (QED) is 0.280. The number of carbonyl (C=O) groups excluding carboxylic acids is 2. The van der Waals surface area contributed by atoms with Crippen LogP contribution in [0.25, 0.3) is 11.1 Å². The second kappa shape index (κ2) is 11.5. The van der Waals surface area contributed by atoms with Crippen molar-refractivity contribution in [1.82, 2.24) is 4.90 Å². The SMILES string of the molecule is COc1ccc(-c2cccc(C(=O)N(C)C)c2)cc1S(=O)(=O)Cc1cccc(N2CCN(c3ccccc3)C2=O)c1. The van der Waals surface area contributed by atoms with Crippen LogP contribution in [0.4, 0.5) is 16.2 Å². The summed E-state index contributed by atoms with van der Waals surface area (Å²) in [6.07, 6.45) is 0. The lowest BCUT2D eigenvalue weighted by molar-refractivity contribution is 0.0827. The first-order valence-electron chi connectivity index (χ1n) is 13.1. The number of methoxy groups -OCH3 is 1. The zero-order valence-corrected chi connectivity index (χ0v) is 24.0. The molecule has 0 aliphatic carbocycles. The van der Waals surface area contributed by atoms with Gasteiger partial charge in [0.15, 0.2) is 9.84 Å². The molecule has 1 aliphatic rings. The summed E-state index contributed by atoms with van der Waals surface area (Å²) >= 11 is 0. The van der Waals surface area contributed by atoms with E-state index in [1.165, 1.54) is 12.0 Å². The Hall–Kier alpha value is -4.63. The van der Waals surface area contributed by atoms with Gasteiger partial charge in [-0.25, -0.2) is 13.2 Å². The lowest BCUT2D eigenvalue weighted by Crippen LogP contribution is -2.31. The standard InChI is InChI=1S/C32H31N3O5S/c1-33(2)31(36)26-11-8-10-24(20-26)25-15-16-29(40-3)30(21-25)41(38,39)22-23-9-7-14-28(19-23)35-18-17-34(32(35)37)27-12-5-4-6-13-27/h4-16,19-21H,17-18,22H2,1-3H3. The molecule has 4 aromatic rings. The summed E-state index contributed by atoms with van der Waals surface area (Å²) in [5.74, 6) is -0.181. The Kier molecular flexibility index (Phi) is 7.81. The number of sulfone groups is 1. The summed E-state index contributed by atoms with van der Waals surface area (Å²) in [7, 11) is 0.948. The Labute approximate surface area is 240 Å². The van der Waals surface area contributed by atoms with E-state index in [1.807, 2.05) is 42.5 Å². The van der Waals surface area contributed by atoms with Crippen molar-refractivity contribution >= 4 is 33.2 Å². The third kappa shape index (κ3) is 5.81. The summed E-state index contributed by atoms with van der Waals surface area (Å²) in [6.45, 7) is 1.03. The predicted molar refractivity (Wildman–Crippen MR) is 160 cm³/mol. The number of rotatable bonds is 8. The first-order valence-corrected chi connectivity index (χ1v) is 14.8. The maximum Gasteiger partial charge on any atom is 0.329 e. The summed E-state index contributed by atoms with van der Waals surface area (Å²) in [4.78, 5) is 30.6. The third-order valence-corrected chi connectivity index (χ3v) is 8.71. The van der Waals surface area contributed by atoms with Gasteiger partial charge in [-0.3, -0.25) is 14.6 Å². The molecule has 210 valence electrons. The normalized spacial score (nSPS) is 13.4. The van der Waals surface area contributed by atoms with Crippen LogP contribution in [0.5, 0.6) is 5.75 Å². The molecule has 3 amide bonds. The van der Waals surface area contributed by atoms with Crippen LogP contribution in [0.3, 0.4) is 0 Å². The van der Waals surface area contributed by atoms with E-state index in [0.29, 0.717) is 41.0 Å². The van der Waals surface area contributed by atoms with Crippen molar-refractivity contribution < 1.29 is 22.7 Å². The Bertz CT molecular complexity index is 1700. The number of para-hydroxylation sites is 1. The van der Waals surface area contributed by atoms with Crippen LogP contribution in [0.2, 0.25) is 0 Å². The average molecular weight is 570 g/mol. The smallest absolute Gasteiger partial charge is 0.329 e. The number of carbonyl (C=O) groups is 2. The van der Waals surface area contributed by atoms with Crippen molar-refractivity contribution in [3.05, 3.63) is 108 Å². The highest BCUT2D eigenvalue weighted by Crippen LogP contribution is 2.33. The van der Waals surface area contributed by atoms with E-state index in [2.05, 4.69) is 0 Å². The minimum atomic E-state index is -3.85. The Morgan fingerprint density at radius 3 is 2.17 bits per heavy atom. The van der Waals surface area contributed by atoms with E-state index in [1.54, 1.807) is 78.5 Å². The first kappa shape index (κ1) is 27.9. The Balaban J connectivity index is 1.42. The molecule has 4 aromatic carbocycles. The fraction of sp³-hybridized carbons (Fsp3) is 0.188. The van der Waals surface area contributed by atoms with Crippen LogP contribution < -0.4 is 14.5 Å². The van der Waals surface area contributed by atoms with E-state index in [4.69, 9.17) is 4.74 Å². The van der Waals surface area contributed by atoms with Crippen molar-refractivity contribution in [1.29, 1.82) is 0 Å². The van der Waals surface area contributed by atoms with Crippen LogP contribution in [-0.2, 0) is 15.6 Å². The van der Waals surface area contributed by atoms with E-state index < -0.39 is 9.84 Å². The molecule has 1 fully saturated rings. The highest BCUT2D eigenvalue weighted by atomic mass is 32.2. The van der Waals surface area contributed by atoms with Gasteiger partial charge in [0.05, 0.1) is 12.9 Å². The lowest BCUT2D eigenvalue weighted by Gasteiger charge is -2.19. The number of hydrogen-bond acceptors (Lipinski definition) is 5. The van der Waals surface area contributed by atoms with Crippen molar-refractivity contribution in [2.24, 2.45) is 0 Å². The van der Waals surface area contributed by atoms with Gasteiger partial charge in [0.1, 0.15) is 10.6 Å². The van der Waals surface area contributed by atoms with Gasteiger partial charge >= 0.3 is 6.03 Å². The molecule has 0 N–H and O–H groups in total. The molecule has 1 aliphatic heterocycles. The van der Waals surface area contributed by atoms with Gasteiger partial charge in [0.25, 0.3) is 5.91 Å². The van der Waals surface area contributed by atoms with Crippen LogP contribution in [0.15, 0.2) is 102 Å². The summed E-state index contributed by atoms with van der Waals surface area (Å²) in [5.41, 5.74) is 3.89. The minimum Gasteiger partial charge on any atom is -0.495 e. The molecule has 0 bridgehead atoms. The fourth-order valence-corrected chi connectivity index (χ4v) is 6.46. The number of hydrogen-bond donors (Lipinski definition) is 0. The number of anilines is 2. The molecule has 0 unspecified atom stereocenters. The molecule has 0 atom stereocenters. The van der Waals surface area contributed by atoms with Crippen molar-refractivity contribution in [2.45, 2.75) is 10.6 Å². The second-order valence-electron chi connectivity index (χ2n) is 10.00. The number of benzene rings is 4. The van der Waals surface area contributed by atoms with Gasteiger partial charge in [-0.1, -0.05) is 48.5 Å². The van der Waals surface area contributed by atoms with Gasteiger partial charge in [-0.05, 0) is 65.2 Å². The topological polar surface area (TPSA) is 87.2 Å². The monoisotopic (exact) mass is 569 g/mol. The number of ether oxygens (including phenoxy) is 1. The maximum absolute atomic E-state index is 13.7. The number of urea groups is 1. The van der Waals surface area contributed by atoms with Gasteiger partial charge in [0, 0.05) is 44.1 Å². The molecule has 1 saturated heterocycles.